The second kappa shape index (κ2) is 31.0. The average molecular weight is 641 g/mol. The van der Waals surface area contributed by atoms with Crippen molar-refractivity contribution in [3.05, 3.63) is 48.6 Å². The fraction of sp³-hybridized carbons (Fsp3) is 0.714. The van der Waals surface area contributed by atoms with Gasteiger partial charge < -0.3 is 19.3 Å². The van der Waals surface area contributed by atoms with Crippen molar-refractivity contribution < 1.29 is 37.9 Å². The zero-order valence-electron chi connectivity index (χ0n) is 27.5. The number of allylic oxidation sites excluding steroid dienone is 8. The lowest BCUT2D eigenvalue weighted by atomic mass is 10.1. The Bertz CT molecular complexity index is 859. The quantitative estimate of drug-likeness (QED) is 0.0262. The minimum atomic E-state index is -4.75. The van der Waals surface area contributed by atoms with E-state index in [1.54, 1.807) is 0 Å². The number of hydrogen-bond acceptors (Lipinski definition) is 6. The summed E-state index contributed by atoms with van der Waals surface area (Å²) in [6, 6.07) is 0. The van der Waals surface area contributed by atoms with Gasteiger partial charge in [-0.05, 0) is 57.8 Å². The van der Waals surface area contributed by atoms with Crippen molar-refractivity contribution in [1.29, 1.82) is 0 Å². The molecule has 0 aliphatic rings. The first-order valence-electron chi connectivity index (χ1n) is 17.0. The first-order valence-corrected chi connectivity index (χ1v) is 18.5. The number of phosphoric ester groups is 1. The number of ether oxygens (including phenoxy) is 2. The van der Waals surface area contributed by atoms with Crippen LogP contribution in [-0.4, -0.2) is 41.0 Å². The molecule has 0 aromatic carbocycles. The number of esters is 2. The Morgan fingerprint density at radius 1 is 0.614 bits per heavy atom. The molecule has 0 saturated carbocycles. The number of phosphoric acid groups is 1. The highest BCUT2D eigenvalue weighted by atomic mass is 31.2. The Morgan fingerprint density at radius 3 is 1.70 bits per heavy atom. The molecule has 0 saturated heterocycles. The number of rotatable bonds is 30. The van der Waals surface area contributed by atoms with E-state index in [1.807, 2.05) is 18.2 Å². The van der Waals surface area contributed by atoms with Crippen LogP contribution in [0.1, 0.15) is 142 Å². The SMILES string of the molecule is CC/C=C/C=C/C=C/CCCCCCCC(=O)OC(COC(=O)CCCCC/C=C/CCCCCCCC)COP(=O)(O)O. The standard InChI is InChI=1S/C35H61O8P/c1-3-5-7-9-11-13-15-17-19-21-23-25-27-29-34(36)41-31-33(32-42-44(38,39)40)43-35(37)30-28-26-24-22-20-18-16-14-12-10-8-6-4-2/h6,8,10,12,14,16-17,19,33H,3-5,7,9,11,13,15,18,20-32H2,1-2H3,(H2,38,39,40)/b8-6+,12-10+,16-14+,19-17+. The Kier molecular flexibility index (Phi) is 29.6. The molecule has 1 atom stereocenters. The first kappa shape index (κ1) is 42.0. The molecule has 0 aromatic rings. The highest BCUT2D eigenvalue weighted by Crippen LogP contribution is 2.35. The molecule has 0 aliphatic carbocycles. The Balaban J connectivity index is 4.08. The molecule has 44 heavy (non-hydrogen) atoms. The predicted octanol–water partition coefficient (Wildman–Crippen LogP) is 9.62. The molecule has 2 N–H and O–H groups in total. The van der Waals surface area contributed by atoms with Gasteiger partial charge in [-0.3, -0.25) is 14.1 Å². The van der Waals surface area contributed by atoms with Crippen molar-refractivity contribution in [1.82, 2.24) is 0 Å². The van der Waals surface area contributed by atoms with Gasteiger partial charge >= 0.3 is 19.8 Å². The summed E-state index contributed by atoms with van der Waals surface area (Å²) in [5.74, 6) is -0.934. The van der Waals surface area contributed by atoms with E-state index < -0.39 is 32.5 Å². The van der Waals surface area contributed by atoms with Crippen molar-refractivity contribution in [2.45, 2.75) is 148 Å². The molecular formula is C35H61O8P. The van der Waals surface area contributed by atoms with Crippen molar-refractivity contribution >= 4 is 19.8 Å². The second-order valence-electron chi connectivity index (χ2n) is 11.2. The van der Waals surface area contributed by atoms with E-state index in [0.717, 1.165) is 64.2 Å². The van der Waals surface area contributed by atoms with Crippen molar-refractivity contribution in [3.63, 3.8) is 0 Å². The van der Waals surface area contributed by atoms with Crippen molar-refractivity contribution in [3.8, 4) is 0 Å². The summed E-state index contributed by atoms with van der Waals surface area (Å²) in [6.45, 7) is 3.48. The maximum absolute atomic E-state index is 12.3. The highest BCUT2D eigenvalue weighted by molar-refractivity contribution is 7.46. The minimum absolute atomic E-state index is 0.184. The third-order valence-electron chi connectivity index (χ3n) is 6.89. The number of carbonyl (C=O) groups is 2. The molecule has 0 bridgehead atoms. The molecule has 0 rings (SSSR count). The number of carbonyl (C=O) groups excluding carboxylic acids is 2. The summed E-state index contributed by atoms with van der Waals surface area (Å²) in [5, 5.41) is 0. The van der Waals surface area contributed by atoms with E-state index in [4.69, 9.17) is 19.3 Å². The third-order valence-corrected chi connectivity index (χ3v) is 7.38. The smallest absolute Gasteiger partial charge is 0.462 e. The average Bonchev–Trinajstić information content (AvgIpc) is 2.98. The van der Waals surface area contributed by atoms with Crippen LogP contribution in [0.2, 0.25) is 0 Å². The molecule has 0 aromatic heterocycles. The fourth-order valence-corrected chi connectivity index (χ4v) is 4.73. The molecule has 0 spiro atoms. The molecule has 0 fully saturated rings. The molecule has 1 unspecified atom stereocenters. The van der Waals surface area contributed by atoms with Gasteiger partial charge in [0, 0.05) is 12.8 Å². The lowest BCUT2D eigenvalue weighted by Crippen LogP contribution is -2.29. The molecule has 0 amide bonds. The van der Waals surface area contributed by atoms with Gasteiger partial charge in [-0.15, -0.1) is 0 Å². The van der Waals surface area contributed by atoms with Crippen LogP contribution >= 0.6 is 7.82 Å². The van der Waals surface area contributed by atoms with Crippen molar-refractivity contribution in [2.24, 2.45) is 0 Å². The lowest BCUT2D eigenvalue weighted by molar-refractivity contribution is -0.161. The lowest BCUT2D eigenvalue weighted by Gasteiger charge is -2.18. The summed E-state index contributed by atoms with van der Waals surface area (Å²) >= 11 is 0. The highest BCUT2D eigenvalue weighted by Gasteiger charge is 2.22. The van der Waals surface area contributed by atoms with Crippen LogP contribution < -0.4 is 0 Å². The largest absolute Gasteiger partial charge is 0.469 e. The summed E-state index contributed by atoms with van der Waals surface area (Å²) in [6.07, 6.45) is 35.5. The normalized spacial score (nSPS) is 13.1. The van der Waals surface area contributed by atoms with E-state index in [2.05, 4.69) is 48.8 Å². The van der Waals surface area contributed by atoms with Crippen LogP contribution in [0.3, 0.4) is 0 Å². The van der Waals surface area contributed by atoms with Gasteiger partial charge in [0.05, 0.1) is 6.61 Å². The number of unbranched alkanes of at least 4 members (excludes halogenated alkanes) is 14. The molecule has 0 aliphatic heterocycles. The summed E-state index contributed by atoms with van der Waals surface area (Å²) in [7, 11) is -4.75. The minimum Gasteiger partial charge on any atom is -0.462 e. The third kappa shape index (κ3) is 32.9. The zero-order valence-corrected chi connectivity index (χ0v) is 28.4. The predicted molar refractivity (Wildman–Crippen MR) is 179 cm³/mol. The van der Waals surface area contributed by atoms with Crippen LogP contribution in [0.25, 0.3) is 0 Å². The van der Waals surface area contributed by atoms with Gasteiger partial charge in [0.1, 0.15) is 6.61 Å². The summed E-state index contributed by atoms with van der Waals surface area (Å²) < 4.78 is 26.2. The van der Waals surface area contributed by atoms with Gasteiger partial charge in [0.2, 0.25) is 0 Å². The first-order chi connectivity index (χ1) is 21.3. The monoisotopic (exact) mass is 640 g/mol. The molecule has 0 radical (unpaired) electrons. The summed E-state index contributed by atoms with van der Waals surface area (Å²) in [5.41, 5.74) is 0. The van der Waals surface area contributed by atoms with E-state index in [0.29, 0.717) is 12.8 Å². The molecule has 8 nitrogen and oxygen atoms in total. The van der Waals surface area contributed by atoms with E-state index in [9.17, 15) is 14.2 Å². The van der Waals surface area contributed by atoms with Crippen LogP contribution in [-0.2, 0) is 28.2 Å². The van der Waals surface area contributed by atoms with Gasteiger partial charge in [-0.25, -0.2) is 4.57 Å². The Hall–Kier alpha value is -1.99. The van der Waals surface area contributed by atoms with Gasteiger partial charge in [0.15, 0.2) is 6.10 Å². The Labute approximate surface area is 267 Å². The van der Waals surface area contributed by atoms with E-state index in [1.165, 1.54) is 38.5 Å². The van der Waals surface area contributed by atoms with E-state index in [-0.39, 0.29) is 19.4 Å². The second-order valence-corrected chi connectivity index (χ2v) is 12.4. The van der Waals surface area contributed by atoms with Crippen LogP contribution in [0, 0.1) is 0 Å². The zero-order chi connectivity index (χ0) is 32.6. The van der Waals surface area contributed by atoms with Gasteiger partial charge in [0.25, 0.3) is 0 Å². The Morgan fingerprint density at radius 2 is 1.11 bits per heavy atom. The molecule has 254 valence electrons. The molecule has 9 heteroatoms. The van der Waals surface area contributed by atoms with Crippen LogP contribution in [0.15, 0.2) is 48.6 Å². The van der Waals surface area contributed by atoms with Gasteiger partial charge in [-0.2, -0.15) is 0 Å². The topological polar surface area (TPSA) is 119 Å². The van der Waals surface area contributed by atoms with Gasteiger partial charge in [-0.1, -0.05) is 120 Å². The maximum atomic E-state index is 12.3. The van der Waals surface area contributed by atoms with E-state index >= 15 is 0 Å². The molecule has 0 heterocycles. The molecular weight excluding hydrogens is 579 g/mol. The van der Waals surface area contributed by atoms with Crippen LogP contribution in [0.5, 0.6) is 0 Å². The number of hydrogen-bond donors (Lipinski definition) is 2. The summed E-state index contributed by atoms with van der Waals surface area (Å²) in [4.78, 5) is 42.5. The van der Waals surface area contributed by atoms with Crippen molar-refractivity contribution in [2.75, 3.05) is 13.2 Å². The maximum Gasteiger partial charge on any atom is 0.469 e. The van der Waals surface area contributed by atoms with Crippen LogP contribution in [0.4, 0.5) is 0 Å². The fourth-order valence-electron chi connectivity index (χ4n) is 4.37.